The summed E-state index contributed by atoms with van der Waals surface area (Å²) in [5.74, 6) is 0. The first-order valence-corrected chi connectivity index (χ1v) is 9.66. The number of alkyl carbamates (subject to hydrolysis) is 1. The highest BCUT2D eigenvalue weighted by molar-refractivity contribution is 5.91. The number of nitrogens with zero attached hydrogens (tertiary/aromatic N) is 1. The molecule has 3 rings (SSSR count). The SMILES string of the molecule is CCOC(=O)NN=Cc1ccc2[nH]cc(CCNC(=O)OCc3ccccc3)c2c1. The molecular formula is C22H24N4O4. The molecule has 156 valence electrons. The maximum Gasteiger partial charge on any atom is 0.427 e. The number of benzene rings is 2. The van der Waals surface area contributed by atoms with Crippen LogP contribution in [-0.4, -0.2) is 36.5 Å². The van der Waals surface area contributed by atoms with Crippen LogP contribution in [0.2, 0.25) is 0 Å². The number of hydrogen-bond acceptors (Lipinski definition) is 5. The molecule has 30 heavy (non-hydrogen) atoms. The number of carbonyl (C=O) groups is 2. The fourth-order valence-electron chi connectivity index (χ4n) is 2.88. The monoisotopic (exact) mass is 408 g/mol. The number of hydrazone groups is 1. The summed E-state index contributed by atoms with van der Waals surface area (Å²) in [7, 11) is 0. The molecule has 3 N–H and O–H groups in total. The van der Waals surface area contributed by atoms with Crippen LogP contribution in [0.4, 0.5) is 9.59 Å². The third-order valence-corrected chi connectivity index (χ3v) is 4.31. The van der Waals surface area contributed by atoms with E-state index in [1.165, 1.54) is 0 Å². The average Bonchev–Trinajstić information content (AvgIpc) is 3.15. The molecule has 0 unspecified atom stereocenters. The Labute approximate surface area is 174 Å². The molecule has 0 atom stereocenters. The molecule has 1 aromatic heterocycles. The summed E-state index contributed by atoms with van der Waals surface area (Å²) < 4.78 is 9.96. The molecular weight excluding hydrogens is 384 g/mol. The van der Waals surface area contributed by atoms with Gasteiger partial charge in [-0.15, -0.1) is 0 Å². The fourth-order valence-corrected chi connectivity index (χ4v) is 2.88. The van der Waals surface area contributed by atoms with Crippen LogP contribution in [0, 0.1) is 0 Å². The zero-order valence-corrected chi connectivity index (χ0v) is 16.7. The van der Waals surface area contributed by atoms with Crippen molar-refractivity contribution in [3.63, 3.8) is 0 Å². The summed E-state index contributed by atoms with van der Waals surface area (Å²) in [6.45, 7) is 2.70. The Morgan fingerprint density at radius 2 is 1.93 bits per heavy atom. The second kappa shape index (κ2) is 10.7. The molecule has 0 radical (unpaired) electrons. The van der Waals surface area contributed by atoms with Gasteiger partial charge in [0.15, 0.2) is 0 Å². The maximum absolute atomic E-state index is 11.9. The molecule has 0 saturated heterocycles. The van der Waals surface area contributed by atoms with E-state index < -0.39 is 12.2 Å². The smallest absolute Gasteiger partial charge is 0.427 e. The first-order chi connectivity index (χ1) is 14.7. The van der Waals surface area contributed by atoms with Crippen LogP contribution in [0.15, 0.2) is 59.8 Å². The minimum absolute atomic E-state index is 0.238. The lowest BCUT2D eigenvalue weighted by Gasteiger charge is -2.07. The largest absolute Gasteiger partial charge is 0.449 e. The van der Waals surface area contributed by atoms with Crippen LogP contribution >= 0.6 is 0 Å². The molecule has 0 bridgehead atoms. The summed E-state index contributed by atoms with van der Waals surface area (Å²) in [4.78, 5) is 26.4. The Morgan fingerprint density at radius 1 is 1.10 bits per heavy atom. The quantitative estimate of drug-likeness (QED) is 0.390. The van der Waals surface area contributed by atoms with Crippen LogP contribution in [0.5, 0.6) is 0 Å². The second-order valence-corrected chi connectivity index (χ2v) is 6.45. The molecule has 0 aliphatic carbocycles. The van der Waals surface area contributed by atoms with Gasteiger partial charge in [-0.25, -0.2) is 15.0 Å². The van der Waals surface area contributed by atoms with Gasteiger partial charge in [-0.05, 0) is 42.2 Å². The number of ether oxygens (including phenoxy) is 2. The van der Waals surface area contributed by atoms with Gasteiger partial charge >= 0.3 is 12.2 Å². The number of aromatic nitrogens is 1. The molecule has 0 aliphatic rings. The van der Waals surface area contributed by atoms with Crippen molar-refractivity contribution in [2.45, 2.75) is 20.0 Å². The maximum atomic E-state index is 11.9. The van der Waals surface area contributed by atoms with Gasteiger partial charge < -0.3 is 19.8 Å². The number of H-pyrrole nitrogens is 1. The van der Waals surface area contributed by atoms with Gasteiger partial charge in [0, 0.05) is 23.6 Å². The van der Waals surface area contributed by atoms with Gasteiger partial charge in [-0.3, -0.25) is 0 Å². The topological polar surface area (TPSA) is 105 Å². The molecule has 0 aliphatic heterocycles. The van der Waals surface area contributed by atoms with Crippen LogP contribution in [0.3, 0.4) is 0 Å². The van der Waals surface area contributed by atoms with Gasteiger partial charge in [0.25, 0.3) is 0 Å². The van der Waals surface area contributed by atoms with Crippen LogP contribution in [-0.2, 0) is 22.5 Å². The van der Waals surface area contributed by atoms with Gasteiger partial charge in [0.05, 0.1) is 12.8 Å². The number of carbonyl (C=O) groups excluding carboxylic acids is 2. The number of hydrogen-bond donors (Lipinski definition) is 3. The van der Waals surface area contributed by atoms with Crippen molar-refractivity contribution in [1.82, 2.24) is 15.7 Å². The number of nitrogens with one attached hydrogen (secondary N) is 3. The number of amides is 2. The summed E-state index contributed by atoms with van der Waals surface area (Å²) in [6.07, 6.45) is 3.06. The third kappa shape index (κ3) is 6.10. The van der Waals surface area contributed by atoms with E-state index in [-0.39, 0.29) is 13.2 Å². The zero-order valence-electron chi connectivity index (χ0n) is 16.7. The van der Waals surface area contributed by atoms with E-state index in [1.54, 1.807) is 13.1 Å². The lowest BCUT2D eigenvalue weighted by atomic mass is 10.1. The lowest BCUT2D eigenvalue weighted by molar-refractivity contribution is 0.139. The molecule has 1 heterocycles. The molecule has 0 fully saturated rings. The van der Waals surface area contributed by atoms with Crippen molar-refractivity contribution in [1.29, 1.82) is 0 Å². The standard InChI is InChI=1S/C22H24N4O4/c1-2-29-22(28)26-25-13-17-8-9-20-19(12-17)18(14-24-20)10-11-23-21(27)30-15-16-6-4-3-5-7-16/h3-9,12-14,24H,2,10-11,15H2,1H3,(H,23,27)(H,26,28). The number of fused-ring (bicyclic) bond motifs is 1. The minimum atomic E-state index is -0.595. The molecule has 0 saturated carbocycles. The lowest BCUT2D eigenvalue weighted by Crippen LogP contribution is -2.26. The van der Waals surface area contributed by atoms with Crippen molar-refractivity contribution >= 4 is 29.3 Å². The van der Waals surface area contributed by atoms with E-state index in [1.807, 2.05) is 54.7 Å². The summed E-state index contributed by atoms with van der Waals surface area (Å²) in [5.41, 5.74) is 6.10. The summed E-state index contributed by atoms with van der Waals surface area (Å²) >= 11 is 0. The molecule has 3 aromatic rings. The van der Waals surface area contributed by atoms with Gasteiger partial charge in [-0.1, -0.05) is 36.4 Å². The predicted molar refractivity (Wildman–Crippen MR) is 114 cm³/mol. The van der Waals surface area contributed by atoms with E-state index in [0.717, 1.165) is 27.6 Å². The minimum Gasteiger partial charge on any atom is -0.449 e. The Morgan fingerprint density at radius 3 is 2.73 bits per heavy atom. The van der Waals surface area contributed by atoms with Crippen LogP contribution < -0.4 is 10.7 Å². The molecule has 2 amide bonds. The summed E-state index contributed by atoms with van der Waals surface area (Å²) in [5, 5.41) is 7.67. The van der Waals surface area contributed by atoms with Crippen LogP contribution in [0.1, 0.15) is 23.6 Å². The van der Waals surface area contributed by atoms with E-state index in [2.05, 4.69) is 20.8 Å². The Balaban J connectivity index is 1.51. The Hall–Kier alpha value is -3.81. The summed E-state index contributed by atoms with van der Waals surface area (Å²) in [6, 6.07) is 15.3. The van der Waals surface area contributed by atoms with Crippen molar-refractivity contribution in [2.24, 2.45) is 5.10 Å². The van der Waals surface area contributed by atoms with Crippen molar-refractivity contribution in [2.75, 3.05) is 13.2 Å². The second-order valence-electron chi connectivity index (χ2n) is 6.45. The Bertz CT molecular complexity index is 1010. The van der Waals surface area contributed by atoms with Crippen molar-refractivity contribution in [3.8, 4) is 0 Å². The number of rotatable bonds is 8. The first-order valence-electron chi connectivity index (χ1n) is 9.66. The highest BCUT2D eigenvalue weighted by atomic mass is 16.6. The van der Waals surface area contributed by atoms with E-state index in [4.69, 9.17) is 9.47 Å². The Kier molecular flexibility index (Phi) is 7.43. The van der Waals surface area contributed by atoms with Crippen LogP contribution in [0.25, 0.3) is 10.9 Å². The molecule has 2 aromatic carbocycles. The first kappa shape index (κ1) is 20.9. The predicted octanol–water partition coefficient (Wildman–Crippen LogP) is 3.72. The highest BCUT2D eigenvalue weighted by Gasteiger charge is 2.07. The normalized spacial score (nSPS) is 10.8. The van der Waals surface area contributed by atoms with Gasteiger partial charge in [-0.2, -0.15) is 5.10 Å². The van der Waals surface area contributed by atoms with Crippen molar-refractivity contribution < 1.29 is 19.1 Å². The third-order valence-electron chi connectivity index (χ3n) is 4.31. The van der Waals surface area contributed by atoms with Gasteiger partial charge in [0.1, 0.15) is 6.61 Å². The molecule has 0 spiro atoms. The fraction of sp³-hybridized carbons (Fsp3) is 0.227. The van der Waals surface area contributed by atoms with Gasteiger partial charge in [0.2, 0.25) is 0 Å². The number of aromatic amines is 1. The van der Waals surface area contributed by atoms with E-state index in [9.17, 15) is 9.59 Å². The molecule has 8 nitrogen and oxygen atoms in total. The average molecular weight is 408 g/mol. The zero-order chi connectivity index (χ0) is 21.2. The van der Waals surface area contributed by atoms with E-state index in [0.29, 0.717) is 13.0 Å². The van der Waals surface area contributed by atoms with E-state index >= 15 is 0 Å². The molecule has 8 heteroatoms. The van der Waals surface area contributed by atoms with Crippen molar-refractivity contribution in [3.05, 3.63) is 71.4 Å². The highest BCUT2D eigenvalue weighted by Crippen LogP contribution is 2.19.